The highest BCUT2D eigenvalue weighted by molar-refractivity contribution is 7.14. The van der Waals surface area contributed by atoms with E-state index in [4.69, 9.17) is 4.98 Å². The third-order valence-electron chi connectivity index (χ3n) is 13.4. The Bertz CT molecular complexity index is 3180. The highest BCUT2D eigenvalue weighted by Crippen LogP contribution is 2.39. The maximum atomic E-state index is 14.3. The number of anilines is 1. The van der Waals surface area contributed by atoms with Gasteiger partial charge >= 0.3 is 0 Å². The first-order valence-corrected chi connectivity index (χ1v) is 25.6. The molecule has 1 aliphatic heterocycles. The largest absolute Gasteiger partial charge is 0.391 e. The first kappa shape index (κ1) is 49.6. The lowest BCUT2D eigenvalue weighted by Gasteiger charge is -2.35. The van der Waals surface area contributed by atoms with Gasteiger partial charge in [0.25, 0.3) is 5.91 Å². The zero-order valence-corrected chi connectivity index (χ0v) is 42.4. The molecule has 1 saturated carbocycles. The van der Waals surface area contributed by atoms with E-state index in [1.165, 1.54) is 33.2 Å². The Kier molecular flexibility index (Phi) is 14.3. The molecule has 1 saturated heterocycles. The van der Waals surface area contributed by atoms with E-state index >= 15 is 0 Å². The lowest BCUT2D eigenvalue weighted by atomic mass is 9.85. The van der Waals surface area contributed by atoms with E-state index in [0.29, 0.717) is 11.3 Å². The fourth-order valence-corrected chi connectivity index (χ4v) is 11.3. The summed E-state index contributed by atoms with van der Waals surface area (Å²) in [5, 5.41) is 51.9. The Morgan fingerprint density at radius 3 is 2.46 bits per heavy atom. The average Bonchev–Trinajstić information content (AvgIpc) is 4.24. The number of rotatable bonds is 14. The molecule has 2 aliphatic rings. The summed E-state index contributed by atoms with van der Waals surface area (Å²) in [5.41, 5.74) is 8.39. The Morgan fingerprint density at radius 1 is 0.972 bits per heavy atom. The van der Waals surface area contributed by atoms with E-state index in [-0.39, 0.29) is 49.1 Å². The molecular weight excluding hydrogens is 953 g/mol. The van der Waals surface area contributed by atoms with Crippen molar-refractivity contribution in [1.82, 2.24) is 60.4 Å². The maximum absolute atomic E-state index is 14.3. The van der Waals surface area contributed by atoms with Gasteiger partial charge in [0.2, 0.25) is 17.7 Å². The predicted molar refractivity (Wildman–Crippen MR) is 273 cm³/mol. The number of carbonyl (C=O) groups is 4. The number of aromatic nitrogens is 8. The van der Waals surface area contributed by atoms with Crippen molar-refractivity contribution in [1.29, 1.82) is 5.26 Å². The van der Waals surface area contributed by atoms with Gasteiger partial charge in [0.1, 0.15) is 35.4 Å². The van der Waals surface area contributed by atoms with Crippen LogP contribution in [0.5, 0.6) is 0 Å². The zero-order chi connectivity index (χ0) is 50.8. The summed E-state index contributed by atoms with van der Waals surface area (Å²) >= 11 is 3.10. The number of aliphatic hydroxyl groups excluding tert-OH is 1. The van der Waals surface area contributed by atoms with Gasteiger partial charge in [-0.2, -0.15) is 15.5 Å². The first-order valence-electron chi connectivity index (χ1n) is 23.9. The predicted octanol–water partition coefficient (Wildman–Crippen LogP) is 6.28. The standard InChI is InChI=1S/C51H56N14O5S2/c1-28(31-7-9-32(10-8-31)44-29(2)55-27-71-44)57-47(69)42-20-36(66)25-64(42)50(70)45(51(3,4)5)59-46(68)38-17-18-63(62-38)26-43(67)58-34-13-11-33(12-14-34)48-60-61-49(72-48)37-24-54-40(21-39(37)53-6)41-16-15-35-19-30(22-52)23-56-65(35)41/h7-10,15-19,21,23-24,27-28,33-34,36,42,45,66H,11-14,20,25-26H2,1-6H3,(H,53,54)(H,57,69)(H,58,67)(H,59,68)/t28-,33?,34?,36+,42-,45?/m0/s1. The van der Waals surface area contributed by atoms with E-state index in [1.54, 1.807) is 34.3 Å². The van der Waals surface area contributed by atoms with E-state index in [9.17, 15) is 29.5 Å². The highest BCUT2D eigenvalue weighted by Gasteiger charge is 2.45. The van der Waals surface area contributed by atoms with Crippen molar-refractivity contribution in [3.05, 3.63) is 106 Å². The number of aryl methyl sites for hydroxylation is 1. The molecule has 1 unspecified atom stereocenters. The highest BCUT2D eigenvalue weighted by atomic mass is 32.1. The number of likely N-dealkylation sites (tertiary alicyclic amines) is 1. The third-order valence-corrected chi connectivity index (χ3v) is 15.5. The summed E-state index contributed by atoms with van der Waals surface area (Å²) in [6, 6.07) is 16.6. The van der Waals surface area contributed by atoms with Crippen molar-refractivity contribution in [3.8, 4) is 38.5 Å². The normalized spacial score (nSPS) is 18.8. The molecule has 2 fully saturated rings. The number of nitriles is 1. The fraction of sp³-hybridized carbons (Fsp3) is 0.392. The molecule has 1 aromatic carbocycles. The van der Waals surface area contributed by atoms with Gasteiger partial charge in [0.05, 0.1) is 62.5 Å². The van der Waals surface area contributed by atoms with Gasteiger partial charge in [-0.3, -0.25) is 28.8 Å². The number of carbonyl (C=O) groups excluding carboxylic acids is 4. The van der Waals surface area contributed by atoms with Gasteiger partial charge in [0, 0.05) is 50.1 Å². The Morgan fingerprint density at radius 2 is 1.75 bits per heavy atom. The van der Waals surface area contributed by atoms with Crippen molar-refractivity contribution in [2.45, 2.75) is 109 Å². The van der Waals surface area contributed by atoms with E-state index in [0.717, 1.165) is 79.9 Å². The van der Waals surface area contributed by atoms with Crippen LogP contribution in [0.25, 0.3) is 37.9 Å². The Hall–Kier alpha value is -7.41. The van der Waals surface area contributed by atoms with Gasteiger partial charge in [-0.25, -0.2) is 9.50 Å². The molecule has 4 amide bonds. The molecule has 1 aliphatic carbocycles. The number of amides is 4. The molecule has 0 spiro atoms. The summed E-state index contributed by atoms with van der Waals surface area (Å²) in [5.74, 6) is -1.55. The van der Waals surface area contributed by atoms with E-state index < -0.39 is 41.3 Å². The number of thiazole rings is 1. The second kappa shape index (κ2) is 20.7. The van der Waals surface area contributed by atoms with Crippen molar-refractivity contribution in [2.75, 3.05) is 18.9 Å². The summed E-state index contributed by atoms with van der Waals surface area (Å²) in [6.45, 7) is 9.11. The quantitative estimate of drug-likeness (QED) is 0.0806. The van der Waals surface area contributed by atoms with Gasteiger partial charge in [0.15, 0.2) is 5.01 Å². The average molecular weight is 1010 g/mol. The van der Waals surface area contributed by atoms with Crippen molar-refractivity contribution in [2.24, 2.45) is 5.41 Å². The molecule has 7 aromatic rings. The molecule has 0 radical (unpaired) electrons. The molecule has 6 aromatic heterocycles. The topological polar surface area (TPSA) is 250 Å². The van der Waals surface area contributed by atoms with Crippen molar-refractivity contribution in [3.63, 3.8) is 0 Å². The van der Waals surface area contributed by atoms with Crippen LogP contribution in [-0.2, 0) is 20.9 Å². The van der Waals surface area contributed by atoms with Crippen LogP contribution in [0.3, 0.4) is 0 Å². The van der Waals surface area contributed by atoms with Crippen LogP contribution in [0.15, 0.2) is 78.7 Å². The fourth-order valence-electron chi connectivity index (χ4n) is 9.43. The number of pyridine rings is 1. The van der Waals surface area contributed by atoms with Gasteiger partial charge in [-0.15, -0.1) is 21.5 Å². The molecular formula is C51H56N14O5S2. The summed E-state index contributed by atoms with van der Waals surface area (Å²) in [6.07, 6.45) is 7.16. The number of β-amino-alcohol motifs (C(OH)–C–C–N with tert-alkyl or cyclic N) is 1. The molecule has 19 nitrogen and oxygen atoms in total. The molecule has 4 atom stereocenters. The minimum atomic E-state index is -1.06. The van der Waals surface area contributed by atoms with Crippen molar-refractivity contribution >= 4 is 57.5 Å². The Balaban J connectivity index is 0.762. The van der Waals surface area contributed by atoms with Crippen molar-refractivity contribution < 1.29 is 24.3 Å². The number of aliphatic hydroxyl groups is 1. The second-order valence-corrected chi connectivity index (χ2v) is 21.4. The minimum Gasteiger partial charge on any atom is -0.391 e. The summed E-state index contributed by atoms with van der Waals surface area (Å²) in [7, 11) is 1.85. The van der Waals surface area contributed by atoms with Gasteiger partial charge in [-0.1, -0.05) is 56.4 Å². The Labute approximate surface area is 424 Å². The minimum absolute atomic E-state index is 0.0271. The molecule has 7 heterocycles. The molecule has 72 heavy (non-hydrogen) atoms. The van der Waals surface area contributed by atoms with Crippen LogP contribution in [-0.4, -0.2) is 111 Å². The molecule has 5 N–H and O–H groups in total. The second-order valence-electron chi connectivity index (χ2n) is 19.5. The molecule has 372 valence electrons. The van der Waals surface area contributed by atoms with E-state index in [2.05, 4.69) is 52.7 Å². The molecule has 0 bridgehead atoms. The molecule has 21 heteroatoms. The summed E-state index contributed by atoms with van der Waals surface area (Å²) in [4.78, 5) is 66.5. The van der Waals surface area contributed by atoms with Crippen LogP contribution in [0.1, 0.15) is 104 Å². The lowest BCUT2D eigenvalue weighted by molar-refractivity contribution is -0.142. The summed E-state index contributed by atoms with van der Waals surface area (Å²) < 4.78 is 3.15. The molecule has 9 rings (SSSR count). The number of nitrogens with zero attached hydrogens (tertiary/aromatic N) is 10. The van der Waals surface area contributed by atoms with Gasteiger partial charge in [-0.05, 0) is 86.4 Å². The zero-order valence-electron chi connectivity index (χ0n) is 40.8. The lowest BCUT2D eigenvalue weighted by Crippen LogP contribution is -2.57. The monoisotopic (exact) mass is 1010 g/mol. The van der Waals surface area contributed by atoms with E-state index in [1.807, 2.05) is 89.6 Å². The van der Waals surface area contributed by atoms with Crippen LogP contribution >= 0.6 is 22.7 Å². The third kappa shape index (κ3) is 10.6. The number of nitrogens with one attached hydrogen (secondary N) is 4. The number of benzene rings is 1. The maximum Gasteiger partial charge on any atom is 0.272 e. The van der Waals surface area contributed by atoms with Crippen LogP contribution in [0.4, 0.5) is 5.69 Å². The number of fused-ring (bicyclic) bond motifs is 1. The first-order chi connectivity index (χ1) is 34.6. The van der Waals surface area contributed by atoms with Gasteiger partial charge < -0.3 is 31.3 Å². The SMILES string of the molecule is CNc1cc(-c2ccc3cc(C#N)cnn23)ncc1-c1nnc(C2CCC(NC(=O)Cn3ccc(C(=O)NC(C(=O)N4C[C@H](O)C[C@H]4C(=O)N[C@@H](C)c4ccc(-c5scnc5C)cc4)C(C)(C)C)n3)CC2)s1. The number of hydrogen-bond donors (Lipinski definition) is 5. The number of hydrogen-bond acceptors (Lipinski definition) is 15. The van der Waals surface area contributed by atoms with Crippen LogP contribution in [0.2, 0.25) is 0 Å². The van der Waals surface area contributed by atoms with Crippen LogP contribution < -0.4 is 21.3 Å². The van der Waals surface area contributed by atoms with Crippen LogP contribution in [0, 0.1) is 23.7 Å². The smallest absolute Gasteiger partial charge is 0.272 e.